The molecular formula is C27H30ClFN2O4. The molecule has 2 amide bonds. The number of fused-ring (bicyclic) bond motifs is 1. The summed E-state index contributed by atoms with van der Waals surface area (Å²) >= 11 is 5.84. The predicted molar refractivity (Wildman–Crippen MR) is 133 cm³/mol. The van der Waals surface area contributed by atoms with Gasteiger partial charge in [0.15, 0.2) is 0 Å². The normalized spacial score (nSPS) is 26.0. The van der Waals surface area contributed by atoms with Crippen molar-refractivity contribution in [3.05, 3.63) is 58.9 Å². The van der Waals surface area contributed by atoms with E-state index < -0.39 is 23.2 Å². The lowest BCUT2D eigenvalue weighted by atomic mass is 9.56. The molecule has 0 aromatic heterocycles. The Morgan fingerprint density at radius 2 is 1.86 bits per heavy atom. The number of carboxylic acids is 1. The Balaban J connectivity index is 1.39. The molecule has 2 aromatic rings. The van der Waals surface area contributed by atoms with Crippen molar-refractivity contribution in [1.29, 1.82) is 0 Å². The first-order chi connectivity index (χ1) is 16.7. The van der Waals surface area contributed by atoms with Crippen molar-refractivity contribution in [1.82, 2.24) is 0 Å². The third kappa shape index (κ3) is 5.50. The molecule has 0 heterocycles. The molecule has 0 bridgehead atoms. The van der Waals surface area contributed by atoms with Crippen molar-refractivity contribution in [3.63, 3.8) is 0 Å². The van der Waals surface area contributed by atoms with Crippen molar-refractivity contribution in [2.45, 2.75) is 57.8 Å². The van der Waals surface area contributed by atoms with Crippen LogP contribution in [0.15, 0.2) is 42.5 Å². The lowest BCUT2D eigenvalue weighted by Gasteiger charge is -2.46. The molecule has 2 saturated carbocycles. The van der Waals surface area contributed by atoms with Gasteiger partial charge in [-0.2, -0.15) is 0 Å². The lowest BCUT2D eigenvalue weighted by molar-refractivity contribution is -0.151. The van der Waals surface area contributed by atoms with Crippen LogP contribution in [0.25, 0.3) is 0 Å². The first-order valence-electron chi connectivity index (χ1n) is 12.1. The fourth-order valence-electron chi connectivity index (χ4n) is 5.85. The second kappa shape index (κ2) is 10.4. The van der Waals surface area contributed by atoms with Gasteiger partial charge in [-0.05, 0) is 92.3 Å². The maximum atomic E-state index is 14.9. The summed E-state index contributed by atoms with van der Waals surface area (Å²) in [6.45, 7) is 1.90. The highest BCUT2D eigenvalue weighted by atomic mass is 35.5. The van der Waals surface area contributed by atoms with E-state index in [1.54, 1.807) is 30.3 Å². The number of ketones is 1. The average Bonchev–Trinajstić information content (AvgIpc) is 2.83. The van der Waals surface area contributed by atoms with Gasteiger partial charge >= 0.3 is 12.0 Å². The van der Waals surface area contributed by atoms with Crippen LogP contribution in [0.4, 0.5) is 20.6 Å². The Kier molecular flexibility index (Phi) is 7.45. The van der Waals surface area contributed by atoms with Crippen molar-refractivity contribution in [2.24, 2.45) is 17.3 Å². The standard InChI is InChI=1S/C27H30ClFN2O4/c1-2-27(15-24(32)33)12-11-18-13-16(3-9-21(18)25(27)34)17-4-10-23(22(29)14-17)31-26(35)30-20-7-5-19(28)6-8-20/h4-8,10,14,16,18,21H,2-3,9,11-13,15H2,1H3,(H,32,33)(H2,30,31,35). The first-order valence-corrected chi connectivity index (χ1v) is 12.5. The van der Waals surface area contributed by atoms with Gasteiger partial charge < -0.3 is 15.7 Å². The summed E-state index contributed by atoms with van der Waals surface area (Å²) in [4.78, 5) is 36.9. The minimum atomic E-state index is -0.918. The minimum Gasteiger partial charge on any atom is -0.481 e. The smallest absolute Gasteiger partial charge is 0.323 e. The maximum Gasteiger partial charge on any atom is 0.323 e. The number of hydrogen-bond donors (Lipinski definition) is 3. The number of amides is 2. The third-order valence-electron chi connectivity index (χ3n) is 7.82. The molecule has 0 radical (unpaired) electrons. The number of urea groups is 1. The summed E-state index contributed by atoms with van der Waals surface area (Å²) in [5.41, 5.74) is 0.738. The Morgan fingerprint density at radius 1 is 1.11 bits per heavy atom. The molecule has 4 unspecified atom stereocenters. The van der Waals surface area contributed by atoms with Gasteiger partial charge in [0.1, 0.15) is 11.6 Å². The predicted octanol–water partition coefficient (Wildman–Crippen LogP) is 6.86. The summed E-state index contributed by atoms with van der Waals surface area (Å²) < 4.78 is 14.9. The Morgan fingerprint density at radius 3 is 2.51 bits per heavy atom. The van der Waals surface area contributed by atoms with Crippen LogP contribution in [-0.2, 0) is 9.59 Å². The van der Waals surface area contributed by atoms with Crippen LogP contribution in [0.2, 0.25) is 5.02 Å². The van der Waals surface area contributed by atoms with Gasteiger partial charge in [-0.25, -0.2) is 9.18 Å². The maximum absolute atomic E-state index is 14.9. The SMILES string of the molecule is CCC1(CC(=O)O)CCC2CC(c3ccc(NC(=O)Nc4ccc(Cl)cc4)c(F)c3)CCC2C1=O. The number of hydrogen-bond acceptors (Lipinski definition) is 3. The monoisotopic (exact) mass is 500 g/mol. The van der Waals surface area contributed by atoms with Gasteiger partial charge in [-0.1, -0.05) is 24.6 Å². The number of carboxylic acid groups (broad SMARTS) is 1. The molecule has 186 valence electrons. The largest absolute Gasteiger partial charge is 0.481 e. The van der Waals surface area contributed by atoms with Gasteiger partial charge in [-0.3, -0.25) is 9.59 Å². The van der Waals surface area contributed by atoms with Gasteiger partial charge in [0.2, 0.25) is 0 Å². The van der Waals surface area contributed by atoms with Crippen LogP contribution in [-0.4, -0.2) is 22.9 Å². The molecule has 2 aliphatic rings. The summed E-state index contributed by atoms with van der Waals surface area (Å²) in [7, 11) is 0. The van der Waals surface area contributed by atoms with Crippen molar-refractivity contribution < 1.29 is 23.9 Å². The van der Waals surface area contributed by atoms with Gasteiger partial charge in [-0.15, -0.1) is 0 Å². The van der Waals surface area contributed by atoms with Crippen LogP contribution < -0.4 is 10.6 Å². The van der Waals surface area contributed by atoms with Crippen LogP contribution in [0.5, 0.6) is 0 Å². The highest BCUT2D eigenvalue weighted by molar-refractivity contribution is 6.30. The Labute approximate surface area is 209 Å². The molecule has 4 rings (SSSR count). The fourth-order valence-corrected chi connectivity index (χ4v) is 5.98. The van der Waals surface area contributed by atoms with E-state index in [0.717, 1.165) is 24.8 Å². The molecule has 8 heteroatoms. The van der Waals surface area contributed by atoms with E-state index >= 15 is 0 Å². The van der Waals surface area contributed by atoms with E-state index in [1.165, 1.54) is 6.07 Å². The van der Waals surface area contributed by atoms with Gasteiger partial charge in [0.25, 0.3) is 0 Å². The molecule has 2 aliphatic carbocycles. The summed E-state index contributed by atoms with van der Waals surface area (Å²) in [6.07, 6.45) is 4.11. The topological polar surface area (TPSA) is 95.5 Å². The molecule has 2 aromatic carbocycles. The highest BCUT2D eigenvalue weighted by Gasteiger charge is 2.50. The lowest BCUT2D eigenvalue weighted by Crippen LogP contribution is -2.46. The zero-order valence-corrected chi connectivity index (χ0v) is 20.4. The third-order valence-corrected chi connectivity index (χ3v) is 8.07. The first kappa shape index (κ1) is 25.2. The quantitative estimate of drug-likeness (QED) is 0.404. The number of halogens is 2. The van der Waals surface area contributed by atoms with Gasteiger partial charge in [0, 0.05) is 22.0 Å². The van der Waals surface area contributed by atoms with E-state index in [1.807, 2.05) is 13.0 Å². The molecule has 0 saturated heterocycles. The number of carbonyl (C=O) groups excluding carboxylic acids is 2. The summed E-state index contributed by atoms with van der Waals surface area (Å²) in [5.74, 6) is -1.11. The number of anilines is 2. The highest BCUT2D eigenvalue weighted by Crippen LogP contribution is 2.51. The number of carbonyl (C=O) groups is 3. The Bertz CT molecular complexity index is 1120. The molecule has 0 aliphatic heterocycles. The number of benzene rings is 2. The van der Waals surface area contributed by atoms with Crippen molar-refractivity contribution >= 4 is 40.8 Å². The second-order valence-corrected chi connectivity index (χ2v) is 10.2. The molecule has 0 spiro atoms. The second-order valence-electron chi connectivity index (χ2n) is 9.81. The van der Waals surface area contributed by atoms with E-state index in [2.05, 4.69) is 10.6 Å². The van der Waals surface area contributed by atoms with Crippen LogP contribution in [0.3, 0.4) is 0 Å². The Hall–Kier alpha value is -2.93. The number of aliphatic carboxylic acids is 1. The van der Waals surface area contributed by atoms with E-state index in [0.29, 0.717) is 30.0 Å². The zero-order chi connectivity index (χ0) is 25.2. The molecule has 35 heavy (non-hydrogen) atoms. The number of rotatable bonds is 6. The van der Waals surface area contributed by atoms with E-state index in [9.17, 15) is 23.9 Å². The zero-order valence-electron chi connectivity index (χ0n) is 19.7. The van der Waals surface area contributed by atoms with Crippen LogP contribution >= 0.6 is 11.6 Å². The minimum absolute atomic E-state index is 0.0862. The van der Waals surface area contributed by atoms with E-state index in [4.69, 9.17) is 11.6 Å². The van der Waals surface area contributed by atoms with E-state index in [-0.39, 0.29) is 35.6 Å². The van der Waals surface area contributed by atoms with Crippen LogP contribution in [0, 0.1) is 23.1 Å². The van der Waals surface area contributed by atoms with Crippen LogP contribution in [0.1, 0.15) is 63.4 Å². The molecule has 2 fully saturated rings. The van der Waals surface area contributed by atoms with Crippen molar-refractivity contribution in [3.8, 4) is 0 Å². The molecule has 3 N–H and O–H groups in total. The van der Waals surface area contributed by atoms with Gasteiger partial charge in [0.05, 0.1) is 12.1 Å². The summed E-state index contributed by atoms with van der Waals surface area (Å²) in [5, 5.41) is 15.1. The summed E-state index contributed by atoms with van der Waals surface area (Å²) in [6, 6.07) is 10.9. The van der Waals surface area contributed by atoms with Crippen molar-refractivity contribution in [2.75, 3.05) is 10.6 Å². The number of Topliss-reactive ketones (excluding diaryl/α,β-unsaturated/α-hetero) is 1. The molecule has 4 atom stereocenters. The number of nitrogens with one attached hydrogen (secondary N) is 2. The molecule has 6 nitrogen and oxygen atoms in total. The average molecular weight is 501 g/mol. The molecular weight excluding hydrogens is 471 g/mol. The fraction of sp³-hybridized carbons (Fsp3) is 0.444.